The van der Waals surface area contributed by atoms with Gasteiger partial charge in [0.05, 0.1) is 12.2 Å². The van der Waals surface area contributed by atoms with Gasteiger partial charge in [0.2, 0.25) is 6.29 Å². The topological polar surface area (TPSA) is 61.8 Å². The van der Waals surface area contributed by atoms with E-state index in [9.17, 15) is 9.59 Å². The van der Waals surface area contributed by atoms with Crippen molar-refractivity contribution in [3.63, 3.8) is 0 Å². The van der Waals surface area contributed by atoms with Crippen LogP contribution in [0.2, 0.25) is 0 Å². The zero-order chi connectivity index (χ0) is 10.8. The van der Waals surface area contributed by atoms with Crippen molar-refractivity contribution in [2.45, 2.75) is 19.6 Å². The molecule has 0 spiro atoms. The number of rotatable bonds is 2. The SMILES string of the molecule is CCC(=O)OC1OCC=C2OC(=O)C=C21. The summed E-state index contributed by atoms with van der Waals surface area (Å²) in [7, 11) is 0. The minimum absolute atomic E-state index is 0.265. The highest BCUT2D eigenvalue weighted by Gasteiger charge is 2.32. The highest BCUT2D eigenvalue weighted by atomic mass is 16.7. The molecule has 2 aliphatic heterocycles. The van der Waals surface area contributed by atoms with Crippen LogP contribution in [0, 0.1) is 0 Å². The molecule has 0 bridgehead atoms. The van der Waals surface area contributed by atoms with E-state index >= 15 is 0 Å². The Morgan fingerprint density at radius 2 is 2.47 bits per heavy atom. The molecule has 2 heterocycles. The first-order valence-electron chi connectivity index (χ1n) is 4.65. The van der Waals surface area contributed by atoms with Crippen LogP contribution >= 0.6 is 0 Å². The van der Waals surface area contributed by atoms with E-state index in [1.165, 1.54) is 6.08 Å². The Balaban J connectivity index is 2.14. The second-order valence-corrected chi connectivity index (χ2v) is 3.10. The summed E-state index contributed by atoms with van der Waals surface area (Å²) in [5.74, 6) is -0.402. The molecule has 0 amide bonds. The van der Waals surface area contributed by atoms with Crippen molar-refractivity contribution < 1.29 is 23.8 Å². The van der Waals surface area contributed by atoms with E-state index < -0.39 is 12.3 Å². The first-order valence-corrected chi connectivity index (χ1v) is 4.65. The van der Waals surface area contributed by atoms with Crippen molar-refractivity contribution in [3.05, 3.63) is 23.5 Å². The molecule has 0 aromatic rings. The quantitative estimate of drug-likeness (QED) is 0.626. The smallest absolute Gasteiger partial charge is 0.336 e. The lowest BCUT2D eigenvalue weighted by molar-refractivity contribution is -0.169. The molecule has 80 valence electrons. The van der Waals surface area contributed by atoms with Gasteiger partial charge in [-0.1, -0.05) is 6.92 Å². The number of fused-ring (bicyclic) bond motifs is 1. The molecule has 0 saturated carbocycles. The minimum Gasteiger partial charge on any atom is -0.431 e. The summed E-state index contributed by atoms with van der Waals surface area (Å²) in [4.78, 5) is 22.1. The van der Waals surface area contributed by atoms with Crippen molar-refractivity contribution in [3.8, 4) is 0 Å². The molecule has 1 atom stereocenters. The highest BCUT2D eigenvalue weighted by Crippen LogP contribution is 2.28. The van der Waals surface area contributed by atoms with Crippen molar-refractivity contribution in [2.24, 2.45) is 0 Å². The average molecular weight is 210 g/mol. The molecule has 0 aliphatic carbocycles. The third-order valence-corrected chi connectivity index (χ3v) is 2.07. The number of hydrogen-bond donors (Lipinski definition) is 0. The van der Waals surface area contributed by atoms with Crippen molar-refractivity contribution >= 4 is 11.9 Å². The van der Waals surface area contributed by atoms with E-state index in [1.54, 1.807) is 13.0 Å². The lowest BCUT2D eigenvalue weighted by Gasteiger charge is -2.21. The number of carbonyl (C=O) groups excluding carboxylic acids is 2. The van der Waals surface area contributed by atoms with E-state index in [4.69, 9.17) is 14.2 Å². The second kappa shape index (κ2) is 3.86. The van der Waals surface area contributed by atoms with Gasteiger partial charge in [-0.25, -0.2) is 4.79 Å². The third-order valence-electron chi connectivity index (χ3n) is 2.07. The van der Waals surface area contributed by atoms with Gasteiger partial charge in [-0.2, -0.15) is 0 Å². The van der Waals surface area contributed by atoms with Crippen LogP contribution in [0.5, 0.6) is 0 Å². The van der Waals surface area contributed by atoms with Crippen molar-refractivity contribution in [2.75, 3.05) is 6.61 Å². The molecule has 0 fully saturated rings. The molecule has 0 saturated heterocycles. The summed E-state index contributed by atoms with van der Waals surface area (Å²) < 4.78 is 15.1. The van der Waals surface area contributed by atoms with Gasteiger partial charge < -0.3 is 14.2 Å². The predicted octanol–water partition coefficient (Wildman–Crippen LogP) is 0.663. The maximum atomic E-state index is 11.1. The normalized spacial score (nSPS) is 23.8. The monoisotopic (exact) mass is 210 g/mol. The molecule has 2 rings (SSSR count). The summed E-state index contributed by atoms with van der Waals surface area (Å²) in [6.45, 7) is 1.95. The van der Waals surface area contributed by atoms with Crippen LogP contribution in [0.25, 0.3) is 0 Å². The van der Waals surface area contributed by atoms with Crippen molar-refractivity contribution in [1.29, 1.82) is 0 Å². The summed E-state index contributed by atoms with van der Waals surface area (Å²) in [5, 5.41) is 0. The van der Waals surface area contributed by atoms with E-state index in [0.717, 1.165) is 0 Å². The zero-order valence-corrected chi connectivity index (χ0v) is 8.19. The zero-order valence-electron chi connectivity index (χ0n) is 8.19. The Hall–Kier alpha value is -1.62. The number of ether oxygens (including phenoxy) is 3. The molecule has 0 aromatic heterocycles. The molecule has 2 aliphatic rings. The lowest BCUT2D eigenvalue weighted by atomic mass is 10.2. The Labute approximate surface area is 86.3 Å². The third kappa shape index (κ3) is 1.92. The minimum atomic E-state index is -0.816. The van der Waals surface area contributed by atoms with Crippen LogP contribution in [0.3, 0.4) is 0 Å². The van der Waals surface area contributed by atoms with Crippen LogP contribution in [0.1, 0.15) is 13.3 Å². The molecular weight excluding hydrogens is 200 g/mol. The van der Waals surface area contributed by atoms with Gasteiger partial charge in [-0.3, -0.25) is 4.79 Å². The molecule has 5 heteroatoms. The predicted molar refractivity (Wildman–Crippen MR) is 48.4 cm³/mol. The van der Waals surface area contributed by atoms with Crippen LogP contribution in [-0.2, 0) is 23.8 Å². The largest absolute Gasteiger partial charge is 0.431 e. The summed E-state index contributed by atoms with van der Waals surface area (Å²) >= 11 is 0. The van der Waals surface area contributed by atoms with Crippen LogP contribution < -0.4 is 0 Å². The molecule has 0 radical (unpaired) electrons. The van der Waals surface area contributed by atoms with Crippen LogP contribution in [0.15, 0.2) is 23.5 Å². The number of hydrogen-bond acceptors (Lipinski definition) is 5. The lowest BCUT2D eigenvalue weighted by Crippen LogP contribution is -2.26. The molecule has 0 N–H and O–H groups in total. The van der Waals surface area contributed by atoms with Crippen LogP contribution in [-0.4, -0.2) is 24.8 Å². The summed E-state index contributed by atoms with van der Waals surface area (Å²) in [6.07, 6.45) is 2.36. The Kier molecular flexibility index (Phi) is 2.55. The standard InChI is InChI=1S/C10H10O5/c1-2-8(11)15-10-6-5-9(12)14-7(6)3-4-13-10/h3,5,10H,2,4H2,1H3. The first kappa shape index (κ1) is 9.92. The molecule has 0 aromatic carbocycles. The van der Waals surface area contributed by atoms with E-state index in [0.29, 0.717) is 11.3 Å². The number of carbonyl (C=O) groups is 2. The molecule has 5 nitrogen and oxygen atoms in total. The van der Waals surface area contributed by atoms with Crippen molar-refractivity contribution in [1.82, 2.24) is 0 Å². The maximum absolute atomic E-state index is 11.1. The number of esters is 2. The van der Waals surface area contributed by atoms with Gasteiger partial charge in [0.25, 0.3) is 0 Å². The second-order valence-electron chi connectivity index (χ2n) is 3.10. The van der Waals surface area contributed by atoms with E-state index in [1.807, 2.05) is 0 Å². The van der Waals surface area contributed by atoms with Gasteiger partial charge >= 0.3 is 11.9 Å². The van der Waals surface area contributed by atoms with Gasteiger partial charge in [0.15, 0.2) is 0 Å². The van der Waals surface area contributed by atoms with Gasteiger partial charge in [0, 0.05) is 12.5 Å². The van der Waals surface area contributed by atoms with Gasteiger partial charge in [-0.05, 0) is 6.08 Å². The summed E-state index contributed by atoms with van der Waals surface area (Å²) in [5.41, 5.74) is 0.480. The van der Waals surface area contributed by atoms with E-state index in [-0.39, 0.29) is 19.0 Å². The van der Waals surface area contributed by atoms with Gasteiger partial charge in [-0.15, -0.1) is 0 Å². The van der Waals surface area contributed by atoms with Crippen LogP contribution in [0.4, 0.5) is 0 Å². The Morgan fingerprint density at radius 1 is 1.67 bits per heavy atom. The fourth-order valence-corrected chi connectivity index (χ4v) is 1.34. The fraction of sp³-hybridized carbons (Fsp3) is 0.400. The Morgan fingerprint density at radius 3 is 3.20 bits per heavy atom. The summed E-state index contributed by atoms with van der Waals surface area (Å²) in [6, 6.07) is 0. The molecule has 1 unspecified atom stereocenters. The Bertz CT molecular complexity index is 366. The molecule has 15 heavy (non-hydrogen) atoms. The fourth-order valence-electron chi connectivity index (χ4n) is 1.34. The molecular formula is C10H10O5. The van der Waals surface area contributed by atoms with E-state index in [2.05, 4.69) is 0 Å². The maximum Gasteiger partial charge on any atom is 0.336 e. The average Bonchev–Trinajstić information content (AvgIpc) is 2.59. The first-order chi connectivity index (χ1) is 7.20. The van der Waals surface area contributed by atoms with Gasteiger partial charge in [0.1, 0.15) is 5.76 Å². The highest BCUT2D eigenvalue weighted by molar-refractivity contribution is 5.88.